The molecule has 0 heterocycles. The van der Waals surface area contributed by atoms with E-state index in [4.69, 9.17) is 4.74 Å². The van der Waals surface area contributed by atoms with Crippen LogP contribution in [0.4, 0.5) is 5.69 Å². The van der Waals surface area contributed by atoms with E-state index in [0.717, 1.165) is 6.42 Å². The first-order valence-corrected chi connectivity index (χ1v) is 9.42. The van der Waals surface area contributed by atoms with Crippen LogP contribution in [0.3, 0.4) is 0 Å². The van der Waals surface area contributed by atoms with Crippen molar-refractivity contribution in [2.75, 3.05) is 11.8 Å². The van der Waals surface area contributed by atoms with Gasteiger partial charge in [0.05, 0.1) is 17.7 Å². The van der Waals surface area contributed by atoms with Gasteiger partial charge in [0.1, 0.15) is 5.75 Å². The van der Waals surface area contributed by atoms with Crippen LogP contribution in [0, 0.1) is 0 Å². The van der Waals surface area contributed by atoms with Gasteiger partial charge in [0.25, 0.3) is 15.9 Å². The number of anilines is 1. The van der Waals surface area contributed by atoms with Gasteiger partial charge in [0.15, 0.2) is 0 Å². The number of amides is 1. The van der Waals surface area contributed by atoms with Crippen LogP contribution in [0.1, 0.15) is 30.6 Å². The minimum atomic E-state index is -3.85. The molecule has 0 saturated heterocycles. The largest absolute Gasteiger partial charge is 0.495 e. The molecule has 2 N–H and O–H groups in total. The van der Waals surface area contributed by atoms with Gasteiger partial charge >= 0.3 is 0 Å². The Morgan fingerprint density at radius 3 is 2.56 bits per heavy atom. The van der Waals surface area contributed by atoms with Crippen LogP contribution in [-0.4, -0.2) is 27.5 Å². The molecule has 134 valence electrons. The predicted molar refractivity (Wildman–Crippen MR) is 97.5 cm³/mol. The van der Waals surface area contributed by atoms with Crippen LogP contribution in [0.15, 0.2) is 53.4 Å². The second-order valence-electron chi connectivity index (χ2n) is 5.62. The highest BCUT2D eigenvalue weighted by atomic mass is 32.2. The van der Waals surface area contributed by atoms with Crippen molar-refractivity contribution in [3.63, 3.8) is 0 Å². The maximum absolute atomic E-state index is 12.6. The van der Waals surface area contributed by atoms with Gasteiger partial charge in [-0.05, 0) is 43.7 Å². The highest BCUT2D eigenvalue weighted by Gasteiger charge is 2.18. The standard InChI is InChI=1S/C18H22N2O4S/c1-4-13(2)19-18(21)14-8-7-9-15(12-14)25(22,23)20-16-10-5-6-11-17(16)24-3/h5-13,20H,4H2,1-3H3,(H,19,21). The predicted octanol–water partition coefficient (Wildman–Crippen LogP) is 3.02. The Morgan fingerprint density at radius 2 is 1.88 bits per heavy atom. The summed E-state index contributed by atoms with van der Waals surface area (Å²) in [4.78, 5) is 12.2. The summed E-state index contributed by atoms with van der Waals surface area (Å²) in [5.41, 5.74) is 0.627. The van der Waals surface area contributed by atoms with Gasteiger partial charge in [-0.15, -0.1) is 0 Å². The van der Waals surface area contributed by atoms with Crippen LogP contribution < -0.4 is 14.8 Å². The van der Waals surface area contributed by atoms with E-state index in [-0.39, 0.29) is 16.8 Å². The Kier molecular flexibility index (Phi) is 6.03. The van der Waals surface area contributed by atoms with E-state index in [1.54, 1.807) is 36.4 Å². The number of carbonyl (C=O) groups is 1. The molecule has 2 aromatic carbocycles. The average Bonchev–Trinajstić information content (AvgIpc) is 2.61. The van der Waals surface area contributed by atoms with Crippen molar-refractivity contribution in [1.29, 1.82) is 0 Å². The van der Waals surface area contributed by atoms with Crippen molar-refractivity contribution in [3.05, 3.63) is 54.1 Å². The summed E-state index contributed by atoms with van der Waals surface area (Å²) in [5, 5.41) is 2.82. The maximum Gasteiger partial charge on any atom is 0.262 e. The molecule has 2 rings (SSSR count). The van der Waals surface area contributed by atoms with Crippen LogP contribution in [0.5, 0.6) is 5.75 Å². The second-order valence-corrected chi connectivity index (χ2v) is 7.30. The van der Waals surface area contributed by atoms with Crippen LogP contribution in [0.25, 0.3) is 0 Å². The lowest BCUT2D eigenvalue weighted by Gasteiger charge is -2.13. The average molecular weight is 362 g/mol. The van der Waals surface area contributed by atoms with Crippen LogP contribution in [0.2, 0.25) is 0 Å². The third kappa shape index (κ3) is 4.73. The van der Waals surface area contributed by atoms with E-state index in [9.17, 15) is 13.2 Å². The van der Waals surface area contributed by atoms with Gasteiger partial charge in [-0.2, -0.15) is 0 Å². The number of nitrogens with one attached hydrogen (secondary N) is 2. The number of hydrogen-bond donors (Lipinski definition) is 2. The summed E-state index contributed by atoms with van der Waals surface area (Å²) >= 11 is 0. The molecule has 0 aromatic heterocycles. The summed E-state index contributed by atoms with van der Waals surface area (Å²) in [6, 6.07) is 12.7. The lowest BCUT2D eigenvalue weighted by molar-refractivity contribution is 0.0939. The summed E-state index contributed by atoms with van der Waals surface area (Å²) in [6.07, 6.45) is 0.791. The minimum Gasteiger partial charge on any atom is -0.495 e. The Bertz CT molecular complexity index is 850. The molecular weight excluding hydrogens is 340 g/mol. The third-order valence-corrected chi connectivity index (χ3v) is 5.11. The van der Waals surface area contributed by atoms with Gasteiger partial charge < -0.3 is 10.1 Å². The van der Waals surface area contributed by atoms with Crippen molar-refractivity contribution in [2.24, 2.45) is 0 Å². The zero-order chi connectivity index (χ0) is 18.4. The molecule has 1 atom stereocenters. The second kappa shape index (κ2) is 8.02. The van der Waals surface area contributed by atoms with E-state index < -0.39 is 10.0 Å². The van der Waals surface area contributed by atoms with Crippen molar-refractivity contribution < 1.29 is 17.9 Å². The maximum atomic E-state index is 12.6. The number of para-hydroxylation sites is 2. The van der Waals surface area contributed by atoms with E-state index >= 15 is 0 Å². The number of benzene rings is 2. The lowest BCUT2D eigenvalue weighted by atomic mass is 10.2. The third-order valence-electron chi connectivity index (χ3n) is 3.75. The quantitative estimate of drug-likeness (QED) is 0.793. The summed E-state index contributed by atoms with van der Waals surface area (Å²) in [5.74, 6) is 0.112. The van der Waals surface area contributed by atoms with Crippen molar-refractivity contribution >= 4 is 21.6 Å². The zero-order valence-corrected chi connectivity index (χ0v) is 15.3. The Balaban J connectivity index is 2.28. The van der Waals surface area contributed by atoms with E-state index in [1.165, 1.54) is 19.2 Å². The molecule has 0 fully saturated rings. The topological polar surface area (TPSA) is 84.5 Å². The normalized spacial score (nSPS) is 12.3. The number of sulfonamides is 1. The van der Waals surface area contributed by atoms with Crippen molar-refractivity contribution in [3.8, 4) is 5.75 Å². The molecule has 25 heavy (non-hydrogen) atoms. The zero-order valence-electron chi connectivity index (χ0n) is 14.4. The van der Waals surface area contributed by atoms with E-state index in [2.05, 4.69) is 10.0 Å². The Hall–Kier alpha value is -2.54. The molecule has 1 unspecified atom stereocenters. The first kappa shape index (κ1) is 18.8. The highest BCUT2D eigenvalue weighted by molar-refractivity contribution is 7.92. The first-order valence-electron chi connectivity index (χ1n) is 7.94. The van der Waals surface area contributed by atoms with Gasteiger partial charge in [-0.3, -0.25) is 9.52 Å². The fourth-order valence-electron chi connectivity index (χ4n) is 2.15. The smallest absolute Gasteiger partial charge is 0.262 e. The minimum absolute atomic E-state index is 0.00945. The molecule has 0 saturated carbocycles. The SMILES string of the molecule is CCC(C)NC(=O)c1cccc(S(=O)(=O)Nc2ccccc2OC)c1. The number of rotatable bonds is 7. The van der Waals surface area contributed by atoms with E-state index in [1.807, 2.05) is 13.8 Å². The molecule has 0 radical (unpaired) electrons. The molecular formula is C18H22N2O4S. The van der Waals surface area contributed by atoms with Gasteiger partial charge in [0, 0.05) is 11.6 Å². The van der Waals surface area contributed by atoms with Crippen molar-refractivity contribution in [2.45, 2.75) is 31.2 Å². The van der Waals surface area contributed by atoms with Crippen LogP contribution >= 0.6 is 0 Å². The highest BCUT2D eigenvalue weighted by Crippen LogP contribution is 2.26. The number of methoxy groups -OCH3 is 1. The molecule has 1 amide bonds. The van der Waals surface area contributed by atoms with Crippen molar-refractivity contribution in [1.82, 2.24) is 5.32 Å². The molecule has 0 aliphatic carbocycles. The monoisotopic (exact) mass is 362 g/mol. The number of carbonyl (C=O) groups excluding carboxylic acids is 1. The fourth-order valence-corrected chi connectivity index (χ4v) is 3.26. The lowest BCUT2D eigenvalue weighted by Crippen LogP contribution is -2.32. The summed E-state index contributed by atoms with van der Waals surface area (Å²) in [7, 11) is -2.38. The fraction of sp³-hybridized carbons (Fsp3) is 0.278. The van der Waals surface area contributed by atoms with Gasteiger partial charge in [-0.25, -0.2) is 8.42 Å². The molecule has 0 aliphatic heterocycles. The molecule has 0 aliphatic rings. The number of ether oxygens (including phenoxy) is 1. The van der Waals surface area contributed by atoms with Crippen LogP contribution in [-0.2, 0) is 10.0 Å². The molecule has 7 heteroatoms. The van der Waals surface area contributed by atoms with Gasteiger partial charge in [-0.1, -0.05) is 25.1 Å². The Labute approximate surface area is 148 Å². The molecule has 2 aromatic rings. The first-order chi connectivity index (χ1) is 11.9. The van der Waals surface area contributed by atoms with Gasteiger partial charge in [0.2, 0.25) is 0 Å². The molecule has 0 spiro atoms. The number of hydrogen-bond acceptors (Lipinski definition) is 4. The summed E-state index contributed by atoms with van der Waals surface area (Å²) < 4.78 is 32.9. The Morgan fingerprint density at radius 1 is 1.16 bits per heavy atom. The summed E-state index contributed by atoms with van der Waals surface area (Å²) in [6.45, 7) is 3.85. The molecule has 0 bridgehead atoms. The van der Waals surface area contributed by atoms with E-state index in [0.29, 0.717) is 17.0 Å². The molecule has 6 nitrogen and oxygen atoms in total.